The second-order valence-electron chi connectivity index (χ2n) is 8.20. The molecule has 0 radical (unpaired) electrons. The standard InChI is InChI=1S/C25H23N7/c1-16-9-24(32-7-5-26-6-8-32)29-14-21(16)18-10-20-19-11-22(17-3-2-4-27-12-17)28-15-23(19)31-25(20)30-13-18/h2-4,9-15,26H,5-8H2,1H3,(H,30,31). The van der Waals surface area contributed by atoms with Gasteiger partial charge in [0.15, 0.2) is 0 Å². The summed E-state index contributed by atoms with van der Waals surface area (Å²) in [6, 6.07) is 10.4. The van der Waals surface area contributed by atoms with Crippen molar-refractivity contribution in [1.82, 2.24) is 30.2 Å². The van der Waals surface area contributed by atoms with Gasteiger partial charge >= 0.3 is 0 Å². The predicted molar refractivity (Wildman–Crippen MR) is 128 cm³/mol. The van der Waals surface area contributed by atoms with Crippen LogP contribution in [0.1, 0.15) is 5.56 Å². The topological polar surface area (TPSA) is 82.6 Å². The lowest BCUT2D eigenvalue weighted by atomic mass is 10.0. The van der Waals surface area contributed by atoms with Gasteiger partial charge in [-0.3, -0.25) is 9.97 Å². The molecule has 1 aliphatic heterocycles. The molecule has 7 nitrogen and oxygen atoms in total. The highest BCUT2D eigenvalue weighted by Crippen LogP contribution is 2.32. The van der Waals surface area contributed by atoms with Crippen molar-refractivity contribution in [2.75, 3.05) is 31.1 Å². The number of nitrogens with one attached hydrogen (secondary N) is 2. The minimum Gasteiger partial charge on any atom is -0.354 e. The van der Waals surface area contributed by atoms with Gasteiger partial charge in [0, 0.05) is 78.4 Å². The summed E-state index contributed by atoms with van der Waals surface area (Å²) in [5.41, 5.74) is 7.10. The van der Waals surface area contributed by atoms with Crippen molar-refractivity contribution in [2.45, 2.75) is 6.92 Å². The summed E-state index contributed by atoms with van der Waals surface area (Å²) in [4.78, 5) is 24.0. The van der Waals surface area contributed by atoms with Crippen LogP contribution in [0.25, 0.3) is 44.3 Å². The molecule has 32 heavy (non-hydrogen) atoms. The van der Waals surface area contributed by atoms with Crippen LogP contribution in [0.3, 0.4) is 0 Å². The quantitative estimate of drug-likeness (QED) is 0.459. The van der Waals surface area contributed by atoms with Crippen LogP contribution < -0.4 is 10.2 Å². The second-order valence-corrected chi connectivity index (χ2v) is 8.20. The fraction of sp³-hybridized carbons (Fsp3) is 0.200. The van der Waals surface area contributed by atoms with E-state index in [0.717, 1.165) is 76.3 Å². The van der Waals surface area contributed by atoms with E-state index < -0.39 is 0 Å². The van der Waals surface area contributed by atoms with E-state index in [2.05, 4.69) is 50.3 Å². The molecule has 5 aromatic heterocycles. The number of fused-ring (bicyclic) bond motifs is 3. The lowest BCUT2D eigenvalue weighted by Crippen LogP contribution is -2.43. The third-order valence-electron chi connectivity index (χ3n) is 6.14. The molecular weight excluding hydrogens is 398 g/mol. The Bertz CT molecular complexity index is 1420. The van der Waals surface area contributed by atoms with Crippen molar-refractivity contribution in [3.63, 3.8) is 0 Å². The van der Waals surface area contributed by atoms with E-state index in [9.17, 15) is 0 Å². The SMILES string of the molecule is Cc1cc(N2CCNCC2)ncc1-c1cnc2[nH]c3cnc(-c4cccnc4)cc3c2c1. The first kappa shape index (κ1) is 18.9. The van der Waals surface area contributed by atoms with Crippen molar-refractivity contribution >= 4 is 27.8 Å². The zero-order valence-corrected chi connectivity index (χ0v) is 17.8. The zero-order chi connectivity index (χ0) is 21.5. The monoisotopic (exact) mass is 421 g/mol. The fourth-order valence-electron chi connectivity index (χ4n) is 4.40. The lowest BCUT2D eigenvalue weighted by molar-refractivity contribution is 0.585. The van der Waals surface area contributed by atoms with Crippen LogP contribution in [-0.2, 0) is 0 Å². The Morgan fingerprint density at radius 3 is 2.59 bits per heavy atom. The molecule has 0 bridgehead atoms. The summed E-state index contributed by atoms with van der Waals surface area (Å²) >= 11 is 0. The van der Waals surface area contributed by atoms with Crippen LogP contribution in [0.15, 0.2) is 61.3 Å². The minimum absolute atomic E-state index is 0.858. The molecule has 0 aromatic carbocycles. The molecule has 6 heterocycles. The predicted octanol–water partition coefficient (Wildman–Crippen LogP) is 3.95. The highest BCUT2D eigenvalue weighted by Gasteiger charge is 2.15. The first-order chi connectivity index (χ1) is 15.8. The Morgan fingerprint density at radius 1 is 0.875 bits per heavy atom. The van der Waals surface area contributed by atoms with E-state index in [1.165, 1.54) is 5.56 Å². The number of H-pyrrole nitrogens is 1. The van der Waals surface area contributed by atoms with Gasteiger partial charge in [-0.25, -0.2) is 9.97 Å². The van der Waals surface area contributed by atoms with Crippen LogP contribution in [0.5, 0.6) is 0 Å². The van der Waals surface area contributed by atoms with Crippen LogP contribution in [0.4, 0.5) is 5.82 Å². The van der Waals surface area contributed by atoms with Crippen molar-refractivity contribution < 1.29 is 0 Å². The van der Waals surface area contributed by atoms with Gasteiger partial charge in [-0.15, -0.1) is 0 Å². The molecule has 0 unspecified atom stereocenters. The van der Waals surface area contributed by atoms with Gasteiger partial charge in [0.05, 0.1) is 17.4 Å². The summed E-state index contributed by atoms with van der Waals surface area (Å²) in [6.07, 6.45) is 9.37. The van der Waals surface area contributed by atoms with Crippen molar-refractivity contribution in [3.8, 4) is 22.4 Å². The van der Waals surface area contributed by atoms with E-state index in [1.807, 2.05) is 36.9 Å². The molecule has 0 amide bonds. The molecule has 0 atom stereocenters. The Kier molecular flexibility index (Phi) is 4.54. The number of anilines is 1. The van der Waals surface area contributed by atoms with Crippen molar-refractivity contribution in [3.05, 3.63) is 66.9 Å². The number of pyridine rings is 4. The molecule has 0 aliphatic carbocycles. The van der Waals surface area contributed by atoms with Crippen LogP contribution in [0, 0.1) is 6.92 Å². The lowest BCUT2D eigenvalue weighted by Gasteiger charge is -2.28. The highest BCUT2D eigenvalue weighted by molar-refractivity contribution is 6.07. The summed E-state index contributed by atoms with van der Waals surface area (Å²) in [5, 5.41) is 5.57. The maximum atomic E-state index is 4.77. The first-order valence-corrected chi connectivity index (χ1v) is 10.9. The number of aromatic amines is 1. The molecular formula is C25H23N7. The van der Waals surface area contributed by atoms with Crippen molar-refractivity contribution in [1.29, 1.82) is 0 Å². The summed E-state index contributed by atoms with van der Waals surface area (Å²) in [5.74, 6) is 1.04. The molecule has 6 rings (SSSR count). The second kappa shape index (κ2) is 7.69. The van der Waals surface area contributed by atoms with Gasteiger partial charge in [-0.05, 0) is 42.8 Å². The Morgan fingerprint density at radius 2 is 1.78 bits per heavy atom. The summed E-state index contributed by atoms with van der Waals surface area (Å²) < 4.78 is 0. The molecule has 1 aliphatic rings. The molecule has 1 fully saturated rings. The Hall–Kier alpha value is -3.84. The normalized spacial score (nSPS) is 14.3. The van der Waals surface area contributed by atoms with Gasteiger partial charge in [0.2, 0.25) is 0 Å². The maximum Gasteiger partial charge on any atom is 0.138 e. The highest BCUT2D eigenvalue weighted by atomic mass is 15.2. The zero-order valence-electron chi connectivity index (χ0n) is 17.8. The van der Waals surface area contributed by atoms with Crippen LogP contribution in [0.2, 0.25) is 0 Å². The van der Waals surface area contributed by atoms with E-state index in [0.29, 0.717) is 0 Å². The number of aromatic nitrogens is 5. The Balaban J connectivity index is 1.42. The molecule has 0 spiro atoms. The fourth-order valence-corrected chi connectivity index (χ4v) is 4.40. The van der Waals surface area contributed by atoms with Crippen LogP contribution in [-0.4, -0.2) is 51.1 Å². The molecule has 5 aromatic rings. The first-order valence-electron chi connectivity index (χ1n) is 10.9. The number of aryl methyl sites for hydroxylation is 1. The van der Waals surface area contributed by atoms with E-state index in [4.69, 9.17) is 9.97 Å². The average molecular weight is 422 g/mol. The smallest absolute Gasteiger partial charge is 0.138 e. The maximum absolute atomic E-state index is 4.77. The number of hydrogen-bond donors (Lipinski definition) is 2. The number of nitrogens with zero attached hydrogens (tertiary/aromatic N) is 5. The largest absolute Gasteiger partial charge is 0.354 e. The van der Waals surface area contributed by atoms with E-state index in [1.54, 1.807) is 6.20 Å². The van der Waals surface area contributed by atoms with Gasteiger partial charge in [-0.1, -0.05) is 0 Å². The average Bonchev–Trinajstić information content (AvgIpc) is 3.22. The molecule has 7 heteroatoms. The number of rotatable bonds is 3. The molecule has 0 saturated carbocycles. The van der Waals surface area contributed by atoms with Gasteiger partial charge < -0.3 is 15.2 Å². The summed E-state index contributed by atoms with van der Waals surface area (Å²) in [6.45, 7) is 6.12. The summed E-state index contributed by atoms with van der Waals surface area (Å²) in [7, 11) is 0. The third kappa shape index (κ3) is 3.27. The van der Waals surface area contributed by atoms with E-state index >= 15 is 0 Å². The molecule has 158 valence electrons. The third-order valence-corrected chi connectivity index (χ3v) is 6.14. The van der Waals surface area contributed by atoms with Crippen LogP contribution >= 0.6 is 0 Å². The molecule has 2 N–H and O–H groups in total. The molecule has 1 saturated heterocycles. The Labute approximate surface area is 185 Å². The minimum atomic E-state index is 0.858. The van der Waals surface area contributed by atoms with Gasteiger partial charge in [-0.2, -0.15) is 0 Å². The number of hydrogen-bond acceptors (Lipinski definition) is 6. The van der Waals surface area contributed by atoms with Gasteiger partial charge in [0.25, 0.3) is 0 Å². The number of piperazine rings is 1. The van der Waals surface area contributed by atoms with Gasteiger partial charge in [0.1, 0.15) is 11.5 Å². The van der Waals surface area contributed by atoms with E-state index in [-0.39, 0.29) is 0 Å². The van der Waals surface area contributed by atoms with Crippen molar-refractivity contribution in [2.24, 2.45) is 0 Å².